The summed E-state index contributed by atoms with van der Waals surface area (Å²) in [7, 11) is 0. The summed E-state index contributed by atoms with van der Waals surface area (Å²) in [6.07, 6.45) is 7.28. The molecule has 0 aromatic rings. The highest BCUT2D eigenvalue weighted by Crippen LogP contribution is 2.61. The van der Waals surface area contributed by atoms with E-state index in [1.807, 2.05) is 0 Å². The molecule has 0 saturated heterocycles. The molecular weight excluding hydrogens is 148 g/mol. The van der Waals surface area contributed by atoms with Crippen LogP contribution in [0.2, 0.25) is 0 Å². The summed E-state index contributed by atoms with van der Waals surface area (Å²) in [5.41, 5.74) is 0. The maximum absolute atomic E-state index is 9.30. The molecule has 4 atom stereocenters. The summed E-state index contributed by atoms with van der Waals surface area (Å²) in [4.78, 5) is 0. The summed E-state index contributed by atoms with van der Waals surface area (Å²) in [6, 6.07) is 0. The van der Waals surface area contributed by atoms with Gasteiger partial charge in [-0.2, -0.15) is 0 Å². The SMILES string of the molecule is OCC1C2CCC1C1CCCC21. The molecule has 3 aliphatic carbocycles. The lowest BCUT2D eigenvalue weighted by Crippen LogP contribution is -2.15. The predicted molar refractivity (Wildman–Crippen MR) is 47.6 cm³/mol. The van der Waals surface area contributed by atoms with Crippen molar-refractivity contribution >= 4 is 0 Å². The minimum atomic E-state index is 0.475. The normalized spacial score (nSPS) is 56.2. The largest absolute Gasteiger partial charge is 0.396 e. The van der Waals surface area contributed by atoms with E-state index in [0.717, 1.165) is 23.7 Å². The van der Waals surface area contributed by atoms with Crippen molar-refractivity contribution in [1.82, 2.24) is 0 Å². The van der Waals surface area contributed by atoms with Crippen molar-refractivity contribution in [3.8, 4) is 0 Å². The van der Waals surface area contributed by atoms with Crippen LogP contribution in [0.15, 0.2) is 0 Å². The summed E-state index contributed by atoms with van der Waals surface area (Å²) >= 11 is 0. The Hall–Kier alpha value is -0.0400. The minimum Gasteiger partial charge on any atom is -0.396 e. The monoisotopic (exact) mass is 166 g/mol. The fourth-order valence-corrected chi connectivity index (χ4v) is 4.55. The van der Waals surface area contributed by atoms with E-state index in [9.17, 15) is 5.11 Å². The molecule has 1 heteroatoms. The lowest BCUT2D eigenvalue weighted by Gasteiger charge is -2.23. The van der Waals surface area contributed by atoms with Gasteiger partial charge in [-0.15, -0.1) is 0 Å². The maximum atomic E-state index is 9.30. The van der Waals surface area contributed by atoms with E-state index in [1.54, 1.807) is 0 Å². The van der Waals surface area contributed by atoms with Crippen LogP contribution in [-0.2, 0) is 0 Å². The third kappa shape index (κ3) is 0.736. The Bertz CT molecular complexity index is 167. The molecule has 0 aromatic carbocycles. The van der Waals surface area contributed by atoms with Crippen molar-refractivity contribution in [3.05, 3.63) is 0 Å². The van der Waals surface area contributed by atoms with Gasteiger partial charge in [0.25, 0.3) is 0 Å². The van der Waals surface area contributed by atoms with E-state index in [4.69, 9.17) is 0 Å². The van der Waals surface area contributed by atoms with Crippen LogP contribution < -0.4 is 0 Å². The molecule has 0 radical (unpaired) electrons. The highest BCUT2D eigenvalue weighted by Gasteiger charge is 2.54. The van der Waals surface area contributed by atoms with Gasteiger partial charge < -0.3 is 5.11 Å². The fraction of sp³-hybridized carbons (Fsp3) is 1.00. The summed E-state index contributed by atoms with van der Waals surface area (Å²) in [5.74, 6) is 4.61. The number of aliphatic hydroxyl groups excluding tert-OH is 1. The molecule has 4 unspecified atom stereocenters. The molecule has 68 valence electrons. The van der Waals surface area contributed by atoms with Crippen LogP contribution in [0, 0.1) is 29.6 Å². The van der Waals surface area contributed by atoms with Gasteiger partial charge in [-0.05, 0) is 55.3 Å². The molecule has 0 heterocycles. The zero-order valence-electron chi connectivity index (χ0n) is 7.58. The Morgan fingerprint density at radius 2 is 1.42 bits per heavy atom. The van der Waals surface area contributed by atoms with Crippen LogP contribution in [-0.4, -0.2) is 11.7 Å². The number of fused-ring (bicyclic) bond motifs is 5. The highest BCUT2D eigenvalue weighted by molar-refractivity contribution is 5.03. The molecule has 2 bridgehead atoms. The standard InChI is InChI=1S/C11H18O/c12-6-11-9-4-5-10(11)8-3-1-2-7(8)9/h7-12H,1-6H2. The average Bonchev–Trinajstić information content (AvgIpc) is 2.75. The first kappa shape index (κ1) is 7.37. The van der Waals surface area contributed by atoms with Gasteiger partial charge in [0.05, 0.1) is 0 Å². The third-order valence-electron chi connectivity index (χ3n) is 4.87. The number of hydrogen-bond donors (Lipinski definition) is 1. The Labute approximate surface area is 74.2 Å². The Kier molecular flexibility index (Phi) is 1.52. The highest BCUT2D eigenvalue weighted by atomic mass is 16.3. The smallest absolute Gasteiger partial charge is 0.0464 e. The Morgan fingerprint density at radius 1 is 0.833 bits per heavy atom. The molecule has 12 heavy (non-hydrogen) atoms. The number of aliphatic hydroxyl groups is 1. The predicted octanol–water partition coefficient (Wildman–Crippen LogP) is 2.05. The minimum absolute atomic E-state index is 0.475. The molecule has 3 fully saturated rings. The maximum Gasteiger partial charge on any atom is 0.0464 e. The van der Waals surface area contributed by atoms with E-state index in [2.05, 4.69) is 0 Å². The molecule has 0 spiro atoms. The van der Waals surface area contributed by atoms with Gasteiger partial charge in [0.2, 0.25) is 0 Å². The average molecular weight is 166 g/mol. The van der Waals surface area contributed by atoms with Gasteiger partial charge in [-0.1, -0.05) is 6.42 Å². The zero-order chi connectivity index (χ0) is 8.13. The van der Waals surface area contributed by atoms with Crippen LogP contribution in [0.4, 0.5) is 0 Å². The van der Waals surface area contributed by atoms with Crippen LogP contribution in [0.5, 0.6) is 0 Å². The molecule has 0 aromatic heterocycles. The molecular formula is C11H18O. The first-order valence-corrected chi connectivity index (χ1v) is 5.52. The van der Waals surface area contributed by atoms with E-state index >= 15 is 0 Å². The van der Waals surface area contributed by atoms with Crippen LogP contribution in [0.3, 0.4) is 0 Å². The van der Waals surface area contributed by atoms with E-state index in [0.29, 0.717) is 12.5 Å². The van der Waals surface area contributed by atoms with Crippen molar-refractivity contribution < 1.29 is 5.11 Å². The number of hydrogen-bond acceptors (Lipinski definition) is 1. The van der Waals surface area contributed by atoms with Gasteiger partial charge in [0.15, 0.2) is 0 Å². The van der Waals surface area contributed by atoms with Crippen LogP contribution in [0.25, 0.3) is 0 Å². The fourth-order valence-electron chi connectivity index (χ4n) is 4.55. The van der Waals surface area contributed by atoms with Crippen LogP contribution in [0.1, 0.15) is 32.1 Å². The quantitative estimate of drug-likeness (QED) is 0.632. The van der Waals surface area contributed by atoms with E-state index in [-0.39, 0.29) is 0 Å². The molecule has 3 saturated carbocycles. The summed E-state index contributed by atoms with van der Waals surface area (Å²) in [5, 5.41) is 9.30. The molecule has 1 N–H and O–H groups in total. The van der Waals surface area contributed by atoms with E-state index < -0.39 is 0 Å². The van der Waals surface area contributed by atoms with E-state index in [1.165, 1.54) is 32.1 Å². The van der Waals surface area contributed by atoms with Crippen molar-refractivity contribution in [2.24, 2.45) is 29.6 Å². The lowest BCUT2D eigenvalue weighted by atomic mass is 9.82. The first-order valence-electron chi connectivity index (χ1n) is 5.52. The second-order valence-corrected chi connectivity index (χ2v) is 5.01. The third-order valence-corrected chi connectivity index (χ3v) is 4.87. The van der Waals surface area contributed by atoms with Crippen molar-refractivity contribution in [2.75, 3.05) is 6.61 Å². The molecule has 0 amide bonds. The second-order valence-electron chi connectivity index (χ2n) is 5.01. The number of rotatable bonds is 1. The lowest BCUT2D eigenvalue weighted by molar-refractivity contribution is 0.179. The zero-order valence-corrected chi connectivity index (χ0v) is 7.58. The Morgan fingerprint density at radius 3 is 1.92 bits per heavy atom. The molecule has 3 aliphatic rings. The summed E-state index contributed by atoms with van der Waals surface area (Å²) in [6.45, 7) is 0.475. The van der Waals surface area contributed by atoms with Crippen molar-refractivity contribution in [2.45, 2.75) is 32.1 Å². The molecule has 0 aliphatic heterocycles. The Balaban J connectivity index is 1.88. The summed E-state index contributed by atoms with van der Waals surface area (Å²) < 4.78 is 0. The molecule has 3 rings (SSSR count). The van der Waals surface area contributed by atoms with Gasteiger partial charge in [0.1, 0.15) is 0 Å². The van der Waals surface area contributed by atoms with Gasteiger partial charge >= 0.3 is 0 Å². The van der Waals surface area contributed by atoms with Crippen molar-refractivity contribution in [1.29, 1.82) is 0 Å². The van der Waals surface area contributed by atoms with Gasteiger partial charge in [-0.3, -0.25) is 0 Å². The van der Waals surface area contributed by atoms with Gasteiger partial charge in [-0.25, -0.2) is 0 Å². The van der Waals surface area contributed by atoms with Gasteiger partial charge in [0, 0.05) is 6.61 Å². The topological polar surface area (TPSA) is 20.2 Å². The van der Waals surface area contributed by atoms with Crippen molar-refractivity contribution in [3.63, 3.8) is 0 Å². The first-order chi connectivity index (χ1) is 5.92. The second kappa shape index (κ2) is 2.47. The van der Waals surface area contributed by atoms with Crippen LogP contribution >= 0.6 is 0 Å². The molecule has 1 nitrogen and oxygen atoms in total.